The Morgan fingerprint density at radius 3 is 2.65 bits per heavy atom. The first-order valence-corrected chi connectivity index (χ1v) is 6.38. The highest BCUT2D eigenvalue weighted by atomic mass is 35.5. The maximum Gasteiger partial charge on any atom is 0.135 e. The van der Waals surface area contributed by atoms with Gasteiger partial charge in [-0.1, -0.05) is 36.2 Å². The number of nitrogens with zero attached hydrogens (tertiary/aromatic N) is 2. The van der Waals surface area contributed by atoms with Crippen molar-refractivity contribution in [2.24, 2.45) is 0 Å². The number of rotatable bonds is 6. The van der Waals surface area contributed by atoms with Gasteiger partial charge < -0.3 is 4.74 Å². The molecule has 1 aromatic rings. The van der Waals surface area contributed by atoms with E-state index in [2.05, 4.69) is 23.7 Å². The van der Waals surface area contributed by atoms with Gasteiger partial charge in [0.05, 0.1) is 6.61 Å². The maximum absolute atomic E-state index is 6.06. The molecule has 1 atom stereocenters. The molecule has 0 saturated carbocycles. The average molecular weight is 277 g/mol. The van der Waals surface area contributed by atoms with Crippen LogP contribution in [0.4, 0.5) is 0 Å². The second-order valence-corrected chi connectivity index (χ2v) is 4.70. The molecule has 0 aromatic carbocycles. The molecule has 0 amide bonds. The molecule has 0 spiro atoms. The summed E-state index contributed by atoms with van der Waals surface area (Å²) in [5.74, 6) is 0. The van der Waals surface area contributed by atoms with Gasteiger partial charge >= 0.3 is 0 Å². The van der Waals surface area contributed by atoms with Crippen molar-refractivity contribution >= 4 is 23.2 Å². The number of aromatic nitrogens is 1. The molecule has 1 unspecified atom stereocenters. The second kappa shape index (κ2) is 7.17. The molecular weight excluding hydrogens is 259 g/mol. The van der Waals surface area contributed by atoms with Gasteiger partial charge in [-0.05, 0) is 19.5 Å². The van der Waals surface area contributed by atoms with E-state index in [1.807, 2.05) is 6.07 Å². The summed E-state index contributed by atoms with van der Waals surface area (Å²) in [5, 5.41) is 0.896. The van der Waals surface area contributed by atoms with Gasteiger partial charge in [-0.25, -0.2) is 4.98 Å². The summed E-state index contributed by atoms with van der Waals surface area (Å²) in [5.41, 5.74) is 0.987. The summed E-state index contributed by atoms with van der Waals surface area (Å²) < 4.78 is 5.16. The molecule has 1 rings (SSSR count). The predicted octanol–water partition coefficient (Wildman–Crippen LogP) is 3.25. The average Bonchev–Trinajstić information content (AvgIpc) is 2.28. The predicted molar refractivity (Wildman–Crippen MR) is 71.7 cm³/mol. The van der Waals surface area contributed by atoms with Crippen LogP contribution in [0.15, 0.2) is 12.1 Å². The molecule has 0 bridgehead atoms. The van der Waals surface area contributed by atoms with E-state index in [1.54, 1.807) is 13.2 Å². The normalized spacial score (nSPS) is 13.1. The van der Waals surface area contributed by atoms with Crippen LogP contribution in [0.25, 0.3) is 0 Å². The Kier molecular flexibility index (Phi) is 6.20. The monoisotopic (exact) mass is 276 g/mol. The van der Waals surface area contributed by atoms with Crippen molar-refractivity contribution in [3.05, 3.63) is 28.0 Å². The quantitative estimate of drug-likeness (QED) is 0.746. The Balaban J connectivity index is 2.73. The Bertz CT molecular complexity index is 360. The smallest absolute Gasteiger partial charge is 0.135 e. The van der Waals surface area contributed by atoms with E-state index in [4.69, 9.17) is 27.9 Å². The lowest BCUT2D eigenvalue weighted by molar-refractivity contribution is 0.0981. The highest BCUT2D eigenvalue weighted by Crippen LogP contribution is 2.19. The van der Waals surface area contributed by atoms with Gasteiger partial charge in [0.2, 0.25) is 0 Å². The Morgan fingerprint density at radius 2 is 2.12 bits per heavy atom. The Labute approximate surface area is 113 Å². The van der Waals surface area contributed by atoms with Crippen LogP contribution in [-0.2, 0) is 11.3 Å². The number of hydrogen-bond acceptors (Lipinski definition) is 3. The summed E-state index contributed by atoms with van der Waals surface area (Å²) in [6, 6.07) is 4.02. The van der Waals surface area contributed by atoms with Gasteiger partial charge in [0.25, 0.3) is 0 Å². The lowest BCUT2D eigenvalue weighted by Crippen LogP contribution is -2.35. The largest absolute Gasteiger partial charge is 0.383 e. The van der Waals surface area contributed by atoms with Crippen LogP contribution in [0.5, 0.6) is 0 Å². The standard InChI is InChI=1S/C12H18Cl2N2O/c1-4-16(9(2)8-17-3)7-10-5-6-11(13)15-12(10)14/h5-6,9H,4,7-8H2,1-3H3. The molecule has 1 heterocycles. The fourth-order valence-electron chi connectivity index (χ4n) is 1.70. The van der Waals surface area contributed by atoms with Crippen LogP contribution < -0.4 is 0 Å². The van der Waals surface area contributed by atoms with Crippen molar-refractivity contribution in [3.8, 4) is 0 Å². The molecule has 0 aliphatic heterocycles. The second-order valence-electron chi connectivity index (χ2n) is 3.95. The lowest BCUT2D eigenvalue weighted by Gasteiger charge is -2.27. The Hall–Kier alpha value is -0.350. The van der Waals surface area contributed by atoms with E-state index in [-0.39, 0.29) is 0 Å². The third-order valence-corrected chi connectivity index (χ3v) is 3.24. The first-order valence-electron chi connectivity index (χ1n) is 5.62. The van der Waals surface area contributed by atoms with Gasteiger partial charge in [-0.15, -0.1) is 0 Å². The fourth-order valence-corrected chi connectivity index (χ4v) is 2.11. The van der Waals surface area contributed by atoms with Crippen LogP contribution in [0, 0.1) is 0 Å². The van der Waals surface area contributed by atoms with E-state index >= 15 is 0 Å². The van der Waals surface area contributed by atoms with E-state index in [9.17, 15) is 0 Å². The van der Waals surface area contributed by atoms with Crippen LogP contribution >= 0.6 is 23.2 Å². The Morgan fingerprint density at radius 1 is 1.41 bits per heavy atom. The van der Waals surface area contributed by atoms with Gasteiger partial charge in [0.15, 0.2) is 0 Å². The van der Waals surface area contributed by atoms with Gasteiger partial charge in [-0.2, -0.15) is 0 Å². The molecule has 17 heavy (non-hydrogen) atoms. The van der Waals surface area contributed by atoms with Crippen molar-refractivity contribution in [2.45, 2.75) is 26.4 Å². The molecule has 1 aromatic heterocycles. The molecule has 3 nitrogen and oxygen atoms in total. The van der Waals surface area contributed by atoms with Crippen molar-refractivity contribution in [1.29, 1.82) is 0 Å². The summed E-state index contributed by atoms with van der Waals surface area (Å²) >= 11 is 11.8. The number of likely N-dealkylation sites (N-methyl/N-ethyl adjacent to an activating group) is 1. The van der Waals surface area contributed by atoms with Crippen LogP contribution in [0.3, 0.4) is 0 Å². The minimum absolute atomic E-state index is 0.344. The van der Waals surface area contributed by atoms with E-state index < -0.39 is 0 Å². The van der Waals surface area contributed by atoms with Crippen LogP contribution in [-0.4, -0.2) is 36.2 Å². The van der Waals surface area contributed by atoms with E-state index in [1.165, 1.54) is 0 Å². The van der Waals surface area contributed by atoms with Gasteiger partial charge in [0.1, 0.15) is 10.3 Å². The third-order valence-electron chi connectivity index (χ3n) is 2.70. The van der Waals surface area contributed by atoms with Crippen molar-refractivity contribution in [1.82, 2.24) is 9.88 Å². The number of methoxy groups -OCH3 is 1. The van der Waals surface area contributed by atoms with E-state index in [0.717, 1.165) is 18.7 Å². The number of hydrogen-bond donors (Lipinski definition) is 0. The van der Waals surface area contributed by atoms with Crippen molar-refractivity contribution < 1.29 is 4.74 Å². The summed E-state index contributed by atoms with van der Waals surface area (Å²) in [6.07, 6.45) is 0. The maximum atomic E-state index is 6.06. The van der Waals surface area contributed by atoms with Crippen LogP contribution in [0.2, 0.25) is 10.3 Å². The molecule has 0 saturated heterocycles. The molecular formula is C12H18Cl2N2O. The van der Waals surface area contributed by atoms with Gasteiger partial charge in [0, 0.05) is 25.3 Å². The van der Waals surface area contributed by atoms with Crippen molar-refractivity contribution in [3.63, 3.8) is 0 Å². The molecule has 0 fully saturated rings. The highest BCUT2D eigenvalue weighted by molar-refractivity contribution is 6.32. The zero-order chi connectivity index (χ0) is 12.8. The first-order chi connectivity index (χ1) is 8.08. The highest BCUT2D eigenvalue weighted by Gasteiger charge is 2.14. The summed E-state index contributed by atoms with van der Waals surface area (Å²) in [6.45, 7) is 6.63. The summed E-state index contributed by atoms with van der Waals surface area (Å²) in [4.78, 5) is 6.32. The first kappa shape index (κ1) is 14.7. The molecule has 0 N–H and O–H groups in total. The summed E-state index contributed by atoms with van der Waals surface area (Å²) in [7, 11) is 1.71. The third kappa shape index (κ3) is 4.43. The number of ether oxygens (including phenoxy) is 1. The molecule has 5 heteroatoms. The van der Waals surface area contributed by atoms with Crippen molar-refractivity contribution in [2.75, 3.05) is 20.3 Å². The lowest BCUT2D eigenvalue weighted by atomic mass is 10.2. The molecule has 96 valence electrons. The number of halogens is 2. The van der Waals surface area contributed by atoms with Gasteiger partial charge in [-0.3, -0.25) is 4.90 Å². The molecule has 0 aliphatic rings. The molecule has 0 radical (unpaired) electrons. The topological polar surface area (TPSA) is 25.4 Å². The number of pyridine rings is 1. The zero-order valence-electron chi connectivity index (χ0n) is 10.4. The zero-order valence-corrected chi connectivity index (χ0v) is 11.9. The minimum atomic E-state index is 0.344. The SMILES string of the molecule is CCN(Cc1ccc(Cl)nc1Cl)C(C)COC. The molecule has 0 aliphatic carbocycles. The fraction of sp³-hybridized carbons (Fsp3) is 0.583. The minimum Gasteiger partial charge on any atom is -0.383 e. The van der Waals surface area contributed by atoms with E-state index in [0.29, 0.717) is 23.0 Å². The van der Waals surface area contributed by atoms with Crippen LogP contribution in [0.1, 0.15) is 19.4 Å².